The van der Waals surface area contributed by atoms with E-state index < -0.39 is 7.56 Å². The van der Waals surface area contributed by atoms with Crippen molar-refractivity contribution >= 4 is 7.56 Å². The molecule has 0 aromatic carbocycles. The van der Waals surface area contributed by atoms with Gasteiger partial charge in [-0.1, -0.05) is 0 Å². The van der Waals surface area contributed by atoms with Crippen LogP contribution in [-0.4, -0.2) is 7.56 Å². The fourth-order valence-electron chi connectivity index (χ4n) is 0.0844. The molecule has 0 amide bonds. The van der Waals surface area contributed by atoms with Crippen LogP contribution in [0.1, 0.15) is 0 Å². The summed E-state index contributed by atoms with van der Waals surface area (Å²) in [4.78, 5) is 0. The summed E-state index contributed by atoms with van der Waals surface area (Å²) in [6, 6.07) is 0. The van der Waals surface area contributed by atoms with Gasteiger partial charge in [-0.2, -0.15) is 0 Å². The van der Waals surface area contributed by atoms with Crippen molar-refractivity contribution in [2.45, 2.75) is 0 Å². The third-order valence-corrected chi connectivity index (χ3v) is 0.227. The molecule has 0 rings (SSSR count). The Morgan fingerprint density at radius 3 is 2.50 bits per heavy atom. The predicted octanol–water partition coefficient (Wildman–Crippen LogP) is -0.0985. The van der Waals surface area contributed by atoms with Crippen LogP contribution in [0.15, 0.2) is 0 Å². The van der Waals surface area contributed by atoms with E-state index in [1.165, 1.54) is 0 Å². The number of terminal acetylenes is 1. The van der Waals surface area contributed by atoms with Crippen LogP contribution >= 0.6 is 0 Å². The Labute approximate surface area is 37.0 Å². The molecular weight excluding hydrogens is 77.9 g/mol. The summed E-state index contributed by atoms with van der Waals surface area (Å²) in [7, 11) is -0.649. The second-order valence-electron chi connectivity index (χ2n) is 0.580. The maximum atomic E-state index is 10.9. The maximum absolute atomic E-state index is 10.9. The molecule has 2 heteroatoms. The smallest absolute Gasteiger partial charge is 0.322 e. The van der Waals surface area contributed by atoms with Gasteiger partial charge in [-0.05, 0) is 11.8 Å². The van der Waals surface area contributed by atoms with Crippen LogP contribution in [0.25, 0.3) is 0 Å². The Hall–Kier alpha value is -0.885. The first-order chi connectivity index (χ1) is 2.91. The van der Waals surface area contributed by atoms with Crippen molar-refractivity contribution in [2.75, 3.05) is 0 Å². The Morgan fingerprint density at radius 1 is 1.67 bits per heavy atom. The third kappa shape index (κ3) is 3.11. The molecule has 0 saturated carbocycles. The highest BCUT2D eigenvalue weighted by Gasteiger charge is 1.64. The van der Waals surface area contributed by atoms with E-state index in [2.05, 4.69) is 12.3 Å². The van der Waals surface area contributed by atoms with E-state index in [4.69, 9.17) is 0 Å². The minimum atomic E-state index is -0.649. The van der Waals surface area contributed by atoms with Crippen molar-refractivity contribution in [3.8, 4) is 24.1 Å². The summed E-state index contributed by atoms with van der Waals surface area (Å²) in [5, 5.41) is 0. The molecular formula is C4H2BF. The van der Waals surface area contributed by atoms with E-state index in [1.54, 1.807) is 0 Å². The summed E-state index contributed by atoms with van der Waals surface area (Å²) < 4.78 is 10.9. The zero-order valence-corrected chi connectivity index (χ0v) is 3.16. The fraction of sp³-hybridized carbons (Fsp3) is 0. The van der Waals surface area contributed by atoms with E-state index in [-0.39, 0.29) is 0 Å². The average Bonchev–Trinajstić information content (AvgIpc) is 1.61. The molecule has 0 aromatic heterocycles. The highest BCUT2D eigenvalue weighted by atomic mass is 19.1. The molecule has 0 aliphatic heterocycles. The van der Waals surface area contributed by atoms with Gasteiger partial charge in [-0.15, -0.1) is 12.2 Å². The largest absolute Gasteiger partial charge is 0.414 e. The number of halogens is 1. The molecule has 0 aromatic rings. The van der Waals surface area contributed by atoms with Crippen LogP contribution in [0.5, 0.6) is 0 Å². The van der Waals surface area contributed by atoms with Gasteiger partial charge in [0, 0.05) is 0 Å². The van der Waals surface area contributed by atoms with Gasteiger partial charge in [0.1, 0.15) is 0 Å². The van der Waals surface area contributed by atoms with E-state index in [9.17, 15) is 4.32 Å². The van der Waals surface area contributed by atoms with Gasteiger partial charge in [-0.3, -0.25) is 0 Å². The van der Waals surface area contributed by atoms with Crippen LogP contribution in [0.3, 0.4) is 0 Å². The van der Waals surface area contributed by atoms with E-state index in [0.29, 0.717) is 0 Å². The Morgan fingerprint density at radius 2 is 2.33 bits per heavy atom. The minimum absolute atomic E-state index is 0.649. The minimum Gasteiger partial charge on any atom is -0.322 e. The highest BCUT2D eigenvalue weighted by Crippen LogP contribution is 1.51. The van der Waals surface area contributed by atoms with Gasteiger partial charge in [0.25, 0.3) is 0 Å². The Bertz CT molecular complexity index is 112. The summed E-state index contributed by atoms with van der Waals surface area (Å²) >= 11 is 0. The van der Waals surface area contributed by atoms with Crippen LogP contribution in [0.4, 0.5) is 4.32 Å². The van der Waals surface area contributed by atoms with Crippen molar-refractivity contribution < 1.29 is 4.32 Å². The lowest BCUT2D eigenvalue weighted by Gasteiger charge is -1.51. The van der Waals surface area contributed by atoms with Crippen molar-refractivity contribution in [1.29, 1.82) is 0 Å². The summed E-state index contributed by atoms with van der Waals surface area (Å²) in [5.74, 6) is 6.11. The third-order valence-electron chi connectivity index (χ3n) is 0.227. The molecule has 0 spiro atoms. The van der Waals surface area contributed by atoms with Gasteiger partial charge in [0.2, 0.25) is 0 Å². The molecule has 6 heavy (non-hydrogen) atoms. The summed E-state index contributed by atoms with van der Waals surface area (Å²) in [6.45, 7) is 0. The maximum Gasteiger partial charge on any atom is 0.414 e. The molecule has 0 heterocycles. The van der Waals surface area contributed by atoms with Crippen LogP contribution in [0, 0.1) is 24.1 Å². The standard InChI is InChI=1S/C4H2BF/c1-2-3-4-5-6/h1,5H. The van der Waals surface area contributed by atoms with Gasteiger partial charge in [0.05, 0.1) is 0 Å². The zero-order chi connectivity index (χ0) is 4.83. The van der Waals surface area contributed by atoms with Crippen molar-refractivity contribution in [3.63, 3.8) is 0 Å². The van der Waals surface area contributed by atoms with E-state index >= 15 is 0 Å². The van der Waals surface area contributed by atoms with Gasteiger partial charge in [0.15, 0.2) is 0 Å². The lowest BCUT2D eigenvalue weighted by molar-refractivity contribution is 0.887. The van der Waals surface area contributed by atoms with Crippen molar-refractivity contribution in [1.82, 2.24) is 0 Å². The first-order valence-electron chi connectivity index (χ1n) is 1.41. The lowest BCUT2D eigenvalue weighted by Crippen LogP contribution is -1.64. The molecule has 0 atom stereocenters. The molecule has 0 nitrogen and oxygen atoms in total. The lowest BCUT2D eigenvalue weighted by atomic mass is 10.1. The first kappa shape index (κ1) is 5.11. The van der Waals surface area contributed by atoms with E-state index in [0.717, 1.165) is 0 Å². The van der Waals surface area contributed by atoms with Crippen LogP contribution < -0.4 is 0 Å². The van der Waals surface area contributed by atoms with Crippen molar-refractivity contribution in [2.24, 2.45) is 0 Å². The summed E-state index contributed by atoms with van der Waals surface area (Å²) in [5.41, 5.74) is 0. The summed E-state index contributed by atoms with van der Waals surface area (Å²) in [6.07, 6.45) is 4.62. The predicted molar refractivity (Wildman–Crippen MR) is 24.9 cm³/mol. The molecule has 0 radical (unpaired) electrons. The molecule has 0 bridgehead atoms. The average molecular weight is 79.9 g/mol. The quantitative estimate of drug-likeness (QED) is 0.281. The molecule has 0 N–H and O–H groups in total. The first-order valence-corrected chi connectivity index (χ1v) is 1.41. The molecule has 0 aliphatic carbocycles. The molecule has 0 saturated heterocycles. The second kappa shape index (κ2) is 4.11. The second-order valence-corrected chi connectivity index (χ2v) is 0.580. The number of hydrogen-bond donors (Lipinski definition) is 0. The zero-order valence-electron chi connectivity index (χ0n) is 3.16. The molecule has 0 aliphatic rings. The topological polar surface area (TPSA) is 0 Å². The number of hydrogen-bond acceptors (Lipinski definition) is 0. The Kier molecular flexibility index (Phi) is 3.51. The molecule has 28 valence electrons. The molecule has 0 fully saturated rings. The van der Waals surface area contributed by atoms with Crippen molar-refractivity contribution in [3.05, 3.63) is 0 Å². The Balaban J connectivity index is 3.22. The SMILES string of the molecule is C#CC#CBF. The number of rotatable bonds is 0. The monoisotopic (exact) mass is 80.0 g/mol. The van der Waals surface area contributed by atoms with Crippen LogP contribution in [0.2, 0.25) is 0 Å². The fourth-order valence-corrected chi connectivity index (χ4v) is 0.0844. The van der Waals surface area contributed by atoms with Gasteiger partial charge >= 0.3 is 7.56 Å². The highest BCUT2D eigenvalue weighted by molar-refractivity contribution is 6.37. The molecule has 0 unspecified atom stereocenters. The van der Waals surface area contributed by atoms with E-state index in [1.807, 2.05) is 11.7 Å². The van der Waals surface area contributed by atoms with Gasteiger partial charge < -0.3 is 4.32 Å². The van der Waals surface area contributed by atoms with Gasteiger partial charge in [-0.25, -0.2) is 0 Å². The van der Waals surface area contributed by atoms with Crippen LogP contribution in [-0.2, 0) is 0 Å². The normalized spacial score (nSPS) is 4.00.